The molecule has 0 heterocycles. The summed E-state index contributed by atoms with van der Waals surface area (Å²) >= 11 is 0. The molecule has 0 bridgehead atoms. The number of carbonyl (C=O) groups excluding carboxylic acids is 1. The fraction of sp³-hybridized carbons (Fsp3) is 0.727. The van der Waals surface area contributed by atoms with Gasteiger partial charge in [0.25, 0.3) is 0 Å². The molecule has 0 fully saturated rings. The molecule has 0 aliphatic heterocycles. The van der Waals surface area contributed by atoms with E-state index in [0.717, 1.165) is 19.3 Å². The highest BCUT2D eigenvalue weighted by atomic mass is 16.5. The lowest BCUT2D eigenvalue weighted by atomic mass is 10.2. The van der Waals surface area contributed by atoms with Gasteiger partial charge in [0, 0.05) is 0 Å². The van der Waals surface area contributed by atoms with E-state index >= 15 is 0 Å². The molecule has 0 saturated carbocycles. The minimum atomic E-state index is -0.120. The molecule has 0 N–H and O–H groups in total. The molecule has 2 nitrogen and oxygen atoms in total. The van der Waals surface area contributed by atoms with E-state index in [0.29, 0.717) is 6.42 Å². The van der Waals surface area contributed by atoms with Gasteiger partial charge in [0.15, 0.2) is 0 Å². The van der Waals surface area contributed by atoms with Crippen LogP contribution < -0.4 is 0 Å². The van der Waals surface area contributed by atoms with Crippen molar-refractivity contribution in [1.82, 2.24) is 0 Å². The molecule has 13 heavy (non-hydrogen) atoms. The normalized spacial score (nSPS) is 13.2. The lowest BCUT2D eigenvalue weighted by molar-refractivity contribution is -0.147. The number of hydrogen-bond donors (Lipinski definition) is 0. The first-order chi connectivity index (χ1) is 6.20. The molecule has 0 amide bonds. The minimum Gasteiger partial charge on any atom is -0.462 e. The molecule has 1 unspecified atom stereocenters. The third-order valence-corrected chi connectivity index (χ3v) is 1.71. The molecule has 76 valence electrons. The first-order valence-electron chi connectivity index (χ1n) is 5.05. The third kappa shape index (κ3) is 7.57. The summed E-state index contributed by atoms with van der Waals surface area (Å²) in [7, 11) is 0. The van der Waals surface area contributed by atoms with Crippen LogP contribution >= 0.6 is 0 Å². The van der Waals surface area contributed by atoms with Gasteiger partial charge in [0.1, 0.15) is 0 Å². The summed E-state index contributed by atoms with van der Waals surface area (Å²) in [5, 5.41) is 0. The van der Waals surface area contributed by atoms with Crippen LogP contribution in [-0.2, 0) is 9.53 Å². The second-order valence-electron chi connectivity index (χ2n) is 3.17. The van der Waals surface area contributed by atoms with E-state index < -0.39 is 0 Å². The molecular formula is C11H20O2. The number of allylic oxidation sites excluding steroid dienone is 1. The highest BCUT2D eigenvalue weighted by Gasteiger charge is 2.05. The van der Waals surface area contributed by atoms with Crippen LogP contribution in [0.2, 0.25) is 0 Å². The average Bonchev–Trinajstić information content (AvgIpc) is 2.05. The van der Waals surface area contributed by atoms with Crippen molar-refractivity contribution in [1.29, 1.82) is 0 Å². The Bertz CT molecular complexity index is 161. The molecule has 0 aromatic carbocycles. The fourth-order valence-electron chi connectivity index (χ4n) is 1.08. The van der Waals surface area contributed by atoms with Gasteiger partial charge in [-0.2, -0.15) is 0 Å². The first kappa shape index (κ1) is 12.2. The zero-order chi connectivity index (χ0) is 10.1. The quantitative estimate of drug-likeness (QED) is 0.468. The van der Waals surface area contributed by atoms with Crippen LogP contribution in [0.25, 0.3) is 0 Å². The SMILES string of the molecule is CC/C=C/CC(=O)OC(C)CCC. The van der Waals surface area contributed by atoms with E-state index in [-0.39, 0.29) is 12.1 Å². The second-order valence-corrected chi connectivity index (χ2v) is 3.17. The Balaban J connectivity index is 3.55. The van der Waals surface area contributed by atoms with Gasteiger partial charge in [-0.3, -0.25) is 4.79 Å². The van der Waals surface area contributed by atoms with Gasteiger partial charge >= 0.3 is 5.97 Å². The summed E-state index contributed by atoms with van der Waals surface area (Å²) in [4.78, 5) is 11.1. The van der Waals surface area contributed by atoms with Crippen molar-refractivity contribution in [2.45, 2.75) is 52.6 Å². The molecular weight excluding hydrogens is 164 g/mol. The van der Waals surface area contributed by atoms with Gasteiger partial charge in [0.05, 0.1) is 12.5 Å². The highest BCUT2D eigenvalue weighted by molar-refractivity contribution is 5.71. The molecule has 0 radical (unpaired) electrons. The standard InChI is InChI=1S/C11H20O2/c1-4-6-7-9-11(12)13-10(3)8-5-2/h6-7,10H,4-5,8-9H2,1-3H3/b7-6+. The van der Waals surface area contributed by atoms with E-state index in [2.05, 4.69) is 6.92 Å². The molecule has 0 spiro atoms. The average molecular weight is 184 g/mol. The van der Waals surface area contributed by atoms with Crippen molar-refractivity contribution in [2.24, 2.45) is 0 Å². The summed E-state index contributed by atoms with van der Waals surface area (Å²) in [6.45, 7) is 6.06. The van der Waals surface area contributed by atoms with Crippen molar-refractivity contribution in [3.63, 3.8) is 0 Å². The smallest absolute Gasteiger partial charge is 0.309 e. The summed E-state index contributed by atoms with van der Waals surface area (Å²) in [6.07, 6.45) is 7.28. The van der Waals surface area contributed by atoms with Crippen LogP contribution in [0.15, 0.2) is 12.2 Å². The molecule has 2 heteroatoms. The number of esters is 1. The third-order valence-electron chi connectivity index (χ3n) is 1.71. The maximum absolute atomic E-state index is 11.1. The maximum Gasteiger partial charge on any atom is 0.309 e. The minimum absolute atomic E-state index is 0.0625. The van der Waals surface area contributed by atoms with Crippen LogP contribution in [0.5, 0.6) is 0 Å². The van der Waals surface area contributed by atoms with Crippen molar-refractivity contribution in [2.75, 3.05) is 0 Å². The number of rotatable bonds is 6. The van der Waals surface area contributed by atoms with Gasteiger partial charge in [-0.15, -0.1) is 0 Å². The Morgan fingerprint density at radius 3 is 2.62 bits per heavy atom. The molecule has 0 rings (SSSR count). The molecule has 0 aromatic heterocycles. The van der Waals surface area contributed by atoms with Crippen LogP contribution in [0.1, 0.15) is 46.5 Å². The predicted molar refractivity (Wildman–Crippen MR) is 54.5 cm³/mol. The lowest BCUT2D eigenvalue weighted by Gasteiger charge is -2.10. The Hall–Kier alpha value is -0.790. The predicted octanol–water partition coefficient (Wildman–Crippen LogP) is 3.07. The fourth-order valence-corrected chi connectivity index (χ4v) is 1.08. The molecule has 0 aliphatic rings. The van der Waals surface area contributed by atoms with Gasteiger partial charge in [-0.1, -0.05) is 32.4 Å². The van der Waals surface area contributed by atoms with Crippen molar-refractivity contribution in [3.05, 3.63) is 12.2 Å². The zero-order valence-electron chi connectivity index (χ0n) is 8.88. The van der Waals surface area contributed by atoms with Gasteiger partial charge < -0.3 is 4.74 Å². The van der Waals surface area contributed by atoms with E-state index in [1.165, 1.54) is 0 Å². The summed E-state index contributed by atoms with van der Waals surface area (Å²) in [5.41, 5.74) is 0. The van der Waals surface area contributed by atoms with E-state index in [4.69, 9.17) is 4.74 Å². The number of carbonyl (C=O) groups is 1. The van der Waals surface area contributed by atoms with E-state index in [1.807, 2.05) is 26.0 Å². The van der Waals surface area contributed by atoms with E-state index in [1.54, 1.807) is 0 Å². The summed E-state index contributed by atoms with van der Waals surface area (Å²) in [6, 6.07) is 0. The van der Waals surface area contributed by atoms with Gasteiger partial charge in [-0.05, 0) is 19.8 Å². The van der Waals surface area contributed by atoms with Crippen molar-refractivity contribution in [3.8, 4) is 0 Å². The van der Waals surface area contributed by atoms with Gasteiger partial charge in [0.2, 0.25) is 0 Å². The largest absolute Gasteiger partial charge is 0.462 e. The van der Waals surface area contributed by atoms with Crippen LogP contribution in [0.4, 0.5) is 0 Å². The Kier molecular flexibility index (Phi) is 7.36. The lowest BCUT2D eigenvalue weighted by Crippen LogP contribution is -2.13. The first-order valence-corrected chi connectivity index (χ1v) is 5.05. The van der Waals surface area contributed by atoms with Crippen LogP contribution in [0, 0.1) is 0 Å². The van der Waals surface area contributed by atoms with Crippen LogP contribution in [0.3, 0.4) is 0 Å². The number of ether oxygens (including phenoxy) is 1. The van der Waals surface area contributed by atoms with Gasteiger partial charge in [-0.25, -0.2) is 0 Å². The van der Waals surface area contributed by atoms with Crippen LogP contribution in [-0.4, -0.2) is 12.1 Å². The Morgan fingerprint density at radius 2 is 2.08 bits per heavy atom. The maximum atomic E-state index is 11.1. The molecule has 0 saturated heterocycles. The Labute approximate surface area is 81.0 Å². The Morgan fingerprint density at radius 1 is 1.38 bits per heavy atom. The summed E-state index contributed by atoms with van der Waals surface area (Å²) < 4.78 is 5.15. The highest BCUT2D eigenvalue weighted by Crippen LogP contribution is 2.02. The molecule has 1 atom stereocenters. The zero-order valence-corrected chi connectivity index (χ0v) is 8.88. The topological polar surface area (TPSA) is 26.3 Å². The summed E-state index contributed by atoms with van der Waals surface area (Å²) in [5.74, 6) is -0.120. The number of hydrogen-bond acceptors (Lipinski definition) is 2. The van der Waals surface area contributed by atoms with Crippen molar-refractivity contribution >= 4 is 5.97 Å². The second kappa shape index (κ2) is 7.84. The molecule has 0 aromatic rings. The van der Waals surface area contributed by atoms with E-state index in [9.17, 15) is 4.79 Å². The van der Waals surface area contributed by atoms with Crippen molar-refractivity contribution < 1.29 is 9.53 Å². The monoisotopic (exact) mass is 184 g/mol. The molecule has 0 aliphatic carbocycles.